The molecule has 0 saturated carbocycles. The fourth-order valence-electron chi connectivity index (χ4n) is 3.02. The van der Waals surface area contributed by atoms with Crippen LogP contribution in [0.1, 0.15) is 29.4 Å². The minimum absolute atomic E-state index is 0.187. The maximum absolute atomic E-state index is 13.2. The maximum Gasteiger partial charge on any atom is 0.416 e. The van der Waals surface area contributed by atoms with E-state index in [1.807, 2.05) is 0 Å². The molecule has 2 heterocycles. The zero-order chi connectivity index (χ0) is 16.4. The van der Waals surface area contributed by atoms with Crippen LogP contribution in [-0.4, -0.2) is 32.6 Å². The molecule has 0 aliphatic carbocycles. The lowest BCUT2D eigenvalue weighted by Crippen LogP contribution is -2.26. The fourth-order valence-corrected chi connectivity index (χ4v) is 3.02. The van der Waals surface area contributed by atoms with Gasteiger partial charge in [-0.3, -0.25) is 4.90 Å². The highest BCUT2D eigenvalue weighted by Crippen LogP contribution is 2.40. The van der Waals surface area contributed by atoms with Crippen LogP contribution in [0.4, 0.5) is 13.2 Å². The zero-order valence-electron chi connectivity index (χ0n) is 12.2. The SMILES string of the molecule is O[C@H]1C[C@@H](c2ccccc2C(F)(F)F)N(Cc2ncccn2)C1. The number of hydrogen-bond donors (Lipinski definition) is 1. The lowest BCUT2D eigenvalue weighted by Gasteiger charge is -2.26. The number of aromatic nitrogens is 2. The molecule has 3 rings (SSSR count). The topological polar surface area (TPSA) is 49.2 Å². The highest BCUT2D eigenvalue weighted by Gasteiger charge is 2.39. The Bertz CT molecular complexity index is 663. The van der Waals surface area contributed by atoms with Gasteiger partial charge in [0.1, 0.15) is 5.82 Å². The second kappa shape index (κ2) is 6.25. The van der Waals surface area contributed by atoms with Gasteiger partial charge < -0.3 is 5.11 Å². The summed E-state index contributed by atoms with van der Waals surface area (Å²) < 4.78 is 39.7. The monoisotopic (exact) mass is 323 g/mol. The smallest absolute Gasteiger partial charge is 0.392 e. The number of aliphatic hydroxyl groups is 1. The molecule has 0 bridgehead atoms. The highest BCUT2D eigenvalue weighted by atomic mass is 19.4. The number of alkyl halides is 3. The number of β-amino-alcohol motifs (C(OH)–C–C–N with tert-alkyl or cyclic N) is 1. The third-order valence-corrected chi connectivity index (χ3v) is 3.97. The summed E-state index contributed by atoms with van der Waals surface area (Å²) in [6.07, 6.45) is -1.63. The van der Waals surface area contributed by atoms with E-state index in [1.54, 1.807) is 29.4 Å². The number of rotatable bonds is 3. The first-order chi connectivity index (χ1) is 10.9. The second-order valence-electron chi connectivity index (χ2n) is 5.58. The first kappa shape index (κ1) is 15.9. The third-order valence-electron chi connectivity index (χ3n) is 3.97. The highest BCUT2D eigenvalue weighted by molar-refractivity contribution is 5.33. The van der Waals surface area contributed by atoms with E-state index in [1.165, 1.54) is 12.1 Å². The summed E-state index contributed by atoms with van der Waals surface area (Å²) in [4.78, 5) is 10.0. The van der Waals surface area contributed by atoms with Crippen molar-refractivity contribution in [2.24, 2.45) is 0 Å². The van der Waals surface area contributed by atoms with E-state index in [2.05, 4.69) is 9.97 Å². The lowest BCUT2D eigenvalue weighted by molar-refractivity contribution is -0.138. The Kier molecular flexibility index (Phi) is 4.32. The minimum Gasteiger partial charge on any atom is -0.392 e. The van der Waals surface area contributed by atoms with Crippen molar-refractivity contribution in [3.63, 3.8) is 0 Å². The van der Waals surface area contributed by atoms with Crippen LogP contribution in [0.15, 0.2) is 42.7 Å². The summed E-state index contributed by atoms with van der Waals surface area (Å²) in [6, 6.07) is 6.70. The number of aliphatic hydroxyl groups excluding tert-OH is 1. The molecule has 1 aromatic carbocycles. The molecule has 23 heavy (non-hydrogen) atoms. The largest absolute Gasteiger partial charge is 0.416 e. The van der Waals surface area contributed by atoms with Gasteiger partial charge in [0.2, 0.25) is 0 Å². The Labute approximate surface area is 131 Å². The van der Waals surface area contributed by atoms with Crippen molar-refractivity contribution in [2.45, 2.75) is 31.3 Å². The predicted octanol–water partition coefficient (Wildman–Crippen LogP) is 2.80. The molecule has 0 spiro atoms. The number of benzene rings is 1. The molecular weight excluding hydrogens is 307 g/mol. The first-order valence-corrected chi connectivity index (χ1v) is 7.29. The van der Waals surface area contributed by atoms with Gasteiger partial charge >= 0.3 is 6.18 Å². The van der Waals surface area contributed by atoms with Crippen LogP contribution in [0.25, 0.3) is 0 Å². The van der Waals surface area contributed by atoms with Crippen molar-refractivity contribution in [3.8, 4) is 0 Å². The molecule has 122 valence electrons. The van der Waals surface area contributed by atoms with Crippen molar-refractivity contribution in [1.29, 1.82) is 0 Å². The van der Waals surface area contributed by atoms with E-state index in [4.69, 9.17) is 0 Å². The van der Waals surface area contributed by atoms with Crippen molar-refractivity contribution in [3.05, 3.63) is 59.7 Å². The van der Waals surface area contributed by atoms with Crippen LogP contribution in [-0.2, 0) is 12.7 Å². The van der Waals surface area contributed by atoms with E-state index in [-0.39, 0.29) is 12.0 Å². The molecule has 0 radical (unpaired) electrons. The van der Waals surface area contributed by atoms with E-state index >= 15 is 0 Å². The van der Waals surface area contributed by atoms with Gasteiger partial charge in [0.15, 0.2) is 0 Å². The molecule has 1 saturated heterocycles. The van der Waals surface area contributed by atoms with Gasteiger partial charge in [-0.05, 0) is 24.1 Å². The molecule has 1 aromatic heterocycles. The van der Waals surface area contributed by atoms with Crippen molar-refractivity contribution in [2.75, 3.05) is 6.54 Å². The summed E-state index contributed by atoms with van der Waals surface area (Å²) in [6.45, 7) is 0.601. The predicted molar refractivity (Wildman–Crippen MR) is 77.3 cm³/mol. The normalized spacial score (nSPS) is 22.4. The van der Waals surface area contributed by atoms with Gasteiger partial charge in [0.25, 0.3) is 0 Å². The standard InChI is InChI=1S/C16H16F3N3O/c17-16(18,19)13-5-2-1-4-12(13)14-8-11(23)9-22(14)10-15-20-6-3-7-21-15/h1-7,11,14,23H,8-10H2/t11-,14-/m0/s1. The average molecular weight is 323 g/mol. The zero-order valence-corrected chi connectivity index (χ0v) is 12.2. The molecule has 7 heteroatoms. The third kappa shape index (κ3) is 3.51. The van der Waals surface area contributed by atoms with E-state index < -0.39 is 23.9 Å². The van der Waals surface area contributed by atoms with Gasteiger partial charge in [0.05, 0.1) is 18.2 Å². The molecule has 0 amide bonds. The Morgan fingerprint density at radius 2 is 1.83 bits per heavy atom. The second-order valence-corrected chi connectivity index (χ2v) is 5.58. The molecule has 1 aliphatic heterocycles. The lowest BCUT2D eigenvalue weighted by atomic mass is 9.97. The van der Waals surface area contributed by atoms with Crippen LogP contribution >= 0.6 is 0 Å². The van der Waals surface area contributed by atoms with E-state index in [0.29, 0.717) is 18.9 Å². The van der Waals surface area contributed by atoms with Gasteiger partial charge in [-0.2, -0.15) is 13.2 Å². The van der Waals surface area contributed by atoms with Crippen LogP contribution in [0.3, 0.4) is 0 Å². The first-order valence-electron chi connectivity index (χ1n) is 7.29. The fraction of sp³-hybridized carbons (Fsp3) is 0.375. The Morgan fingerprint density at radius 3 is 2.52 bits per heavy atom. The Balaban J connectivity index is 1.91. The molecule has 4 nitrogen and oxygen atoms in total. The summed E-state index contributed by atoms with van der Waals surface area (Å²) in [5, 5.41) is 9.94. The molecule has 1 fully saturated rings. The number of halogens is 3. The van der Waals surface area contributed by atoms with Gasteiger partial charge in [-0.15, -0.1) is 0 Å². The van der Waals surface area contributed by atoms with E-state index in [9.17, 15) is 18.3 Å². The summed E-state index contributed by atoms with van der Waals surface area (Å²) in [5.41, 5.74) is -0.467. The van der Waals surface area contributed by atoms with Crippen molar-refractivity contribution >= 4 is 0 Å². The summed E-state index contributed by atoms with van der Waals surface area (Å²) in [7, 11) is 0. The minimum atomic E-state index is -4.42. The van der Waals surface area contributed by atoms with Crippen molar-refractivity contribution < 1.29 is 18.3 Å². The molecule has 2 aromatic rings. The van der Waals surface area contributed by atoms with Crippen LogP contribution in [0, 0.1) is 0 Å². The molecule has 0 unspecified atom stereocenters. The molecule has 1 aliphatic rings. The summed E-state index contributed by atoms with van der Waals surface area (Å²) in [5.74, 6) is 0.524. The average Bonchev–Trinajstić information content (AvgIpc) is 2.88. The molecular formula is C16H16F3N3O. The number of nitrogens with zero attached hydrogens (tertiary/aromatic N) is 3. The maximum atomic E-state index is 13.2. The van der Waals surface area contributed by atoms with Crippen LogP contribution in [0.2, 0.25) is 0 Å². The van der Waals surface area contributed by atoms with Crippen LogP contribution in [0.5, 0.6) is 0 Å². The van der Waals surface area contributed by atoms with Crippen molar-refractivity contribution in [1.82, 2.24) is 14.9 Å². The quantitative estimate of drug-likeness (QED) is 0.944. The molecule has 1 N–H and O–H groups in total. The van der Waals surface area contributed by atoms with Gasteiger partial charge in [-0.1, -0.05) is 18.2 Å². The number of likely N-dealkylation sites (tertiary alicyclic amines) is 1. The van der Waals surface area contributed by atoms with Crippen LogP contribution < -0.4 is 0 Å². The summed E-state index contributed by atoms with van der Waals surface area (Å²) >= 11 is 0. The molecule has 2 atom stereocenters. The Morgan fingerprint density at radius 1 is 1.13 bits per heavy atom. The van der Waals surface area contributed by atoms with E-state index in [0.717, 1.165) is 6.07 Å². The Hall–Kier alpha value is -1.99. The number of hydrogen-bond acceptors (Lipinski definition) is 4. The van der Waals surface area contributed by atoms with Gasteiger partial charge in [-0.25, -0.2) is 9.97 Å². The van der Waals surface area contributed by atoms with Gasteiger partial charge in [0, 0.05) is 25.0 Å².